The van der Waals surface area contributed by atoms with E-state index in [2.05, 4.69) is 46.0 Å². The lowest BCUT2D eigenvalue weighted by Crippen LogP contribution is -2.47. The molecule has 0 atom stereocenters. The summed E-state index contributed by atoms with van der Waals surface area (Å²) in [5, 5.41) is 11.6. The lowest BCUT2D eigenvalue weighted by molar-refractivity contribution is -0.384. The minimum Gasteiger partial charge on any atom is -0.368 e. The molecule has 0 radical (unpaired) electrons. The van der Waals surface area contributed by atoms with Crippen LogP contribution >= 0.6 is 11.8 Å². The minimum absolute atomic E-state index is 0.00297. The molecule has 2 aliphatic rings. The third kappa shape index (κ3) is 4.32. The average molecular weight is 408 g/mol. The second-order valence-corrected chi connectivity index (χ2v) is 7.98. The number of nitrogens with zero attached hydrogens (tertiary/aromatic N) is 4. The largest absolute Gasteiger partial charge is 0.368 e. The predicted molar refractivity (Wildman–Crippen MR) is 116 cm³/mol. The van der Waals surface area contributed by atoms with Gasteiger partial charge >= 0.3 is 0 Å². The van der Waals surface area contributed by atoms with Gasteiger partial charge in [0.2, 0.25) is 0 Å². The van der Waals surface area contributed by atoms with E-state index in [-0.39, 0.29) is 11.6 Å². The van der Waals surface area contributed by atoms with Crippen LogP contribution in [0.2, 0.25) is 0 Å². The van der Waals surface area contributed by atoms with E-state index in [1.165, 1.54) is 35.1 Å². The molecule has 0 bridgehead atoms. The van der Waals surface area contributed by atoms with Crippen LogP contribution in [0, 0.1) is 17.0 Å². The molecule has 0 spiro atoms. The normalized spacial score (nSPS) is 18.3. The van der Waals surface area contributed by atoms with Crippen molar-refractivity contribution in [1.82, 2.24) is 4.90 Å². The number of nitro groups is 1. The average Bonchev–Trinajstić information content (AvgIpc) is 3.08. The van der Waals surface area contributed by atoms with Gasteiger partial charge in [-0.15, -0.1) is 0 Å². The van der Waals surface area contributed by atoms with Crippen LogP contribution in [0.1, 0.15) is 11.1 Å². The Bertz CT molecular complexity index is 1030. The van der Waals surface area contributed by atoms with Gasteiger partial charge in [0.05, 0.1) is 9.83 Å². The lowest BCUT2D eigenvalue weighted by atomic mass is 10.2. The number of benzene rings is 2. The van der Waals surface area contributed by atoms with Crippen molar-refractivity contribution in [3.63, 3.8) is 0 Å². The summed E-state index contributed by atoms with van der Waals surface area (Å²) in [5.41, 5.74) is 3.08. The first-order valence-electron chi connectivity index (χ1n) is 9.33. The van der Waals surface area contributed by atoms with Gasteiger partial charge in [-0.3, -0.25) is 14.9 Å². The van der Waals surface area contributed by atoms with Crippen molar-refractivity contribution in [2.75, 3.05) is 31.1 Å². The molecule has 0 N–H and O–H groups in total. The predicted octanol–water partition coefficient (Wildman–Crippen LogP) is 3.70. The van der Waals surface area contributed by atoms with Crippen molar-refractivity contribution in [3.8, 4) is 0 Å². The van der Waals surface area contributed by atoms with Crippen LogP contribution < -0.4 is 4.90 Å². The first kappa shape index (κ1) is 19.2. The van der Waals surface area contributed by atoms with Crippen molar-refractivity contribution in [1.29, 1.82) is 0 Å². The highest BCUT2D eigenvalue weighted by Gasteiger charge is 2.28. The molecule has 1 amide bonds. The Balaban J connectivity index is 1.41. The number of thioether (sulfide) groups is 1. The van der Waals surface area contributed by atoms with Gasteiger partial charge in [0.1, 0.15) is 0 Å². The molecular formula is C21H20N4O3S. The zero-order chi connectivity index (χ0) is 20.4. The van der Waals surface area contributed by atoms with Crippen molar-refractivity contribution >= 4 is 40.3 Å². The molecule has 148 valence electrons. The van der Waals surface area contributed by atoms with Crippen molar-refractivity contribution < 1.29 is 9.72 Å². The van der Waals surface area contributed by atoms with Crippen molar-refractivity contribution in [2.24, 2.45) is 4.99 Å². The number of aryl methyl sites for hydroxylation is 1. The van der Waals surface area contributed by atoms with Gasteiger partial charge in [0.15, 0.2) is 5.17 Å². The topological polar surface area (TPSA) is 79.0 Å². The number of non-ortho nitro benzene ring substituents is 1. The van der Waals surface area contributed by atoms with E-state index in [9.17, 15) is 14.9 Å². The Morgan fingerprint density at radius 2 is 1.79 bits per heavy atom. The molecule has 0 aromatic heterocycles. The van der Waals surface area contributed by atoms with Crippen LogP contribution in [0.25, 0.3) is 6.08 Å². The summed E-state index contributed by atoms with van der Waals surface area (Å²) >= 11 is 1.33. The summed E-state index contributed by atoms with van der Waals surface area (Å²) in [6, 6.07) is 14.7. The Kier molecular flexibility index (Phi) is 5.35. The van der Waals surface area contributed by atoms with Crippen LogP contribution in [0.15, 0.2) is 58.4 Å². The molecule has 1 saturated heterocycles. The second kappa shape index (κ2) is 8.08. The van der Waals surface area contributed by atoms with Gasteiger partial charge in [-0.1, -0.05) is 24.3 Å². The number of amides is 1. The molecule has 2 heterocycles. The van der Waals surface area contributed by atoms with Gasteiger partial charge in [-0.25, -0.2) is 0 Å². The van der Waals surface area contributed by atoms with Crippen LogP contribution in [0.4, 0.5) is 11.4 Å². The molecular weight excluding hydrogens is 388 g/mol. The number of nitro benzene ring substituents is 1. The number of carbonyl (C=O) groups excluding carboxylic acids is 1. The second-order valence-electron chi connectivity index (χ2n) is 6.98. The fourth-order valence-electron chi connectivity index (χ4n) is 3.39. The van der Waals surface area contributed by atoms with E-state index in [0.29, 0.717) is 15.6 Å². The zero-order valence-corrected chi connectivity index (χ0v) is 16.8. The highest BCUT2D eigenvalue weighted by molar-refractivity contribution is 8.18. The number of aliphatic imine (C=N–C) groups is 1. The molecule has 2 aliphatic heterocycles. The van der Waals surface area contributed by atoms with Crippen LogP contribution in [-0.2, 0) is 4.79 Å². The van der Waals surface area contributed by atoms with E-state index in [4.69, 9.17) is 0 Å². The van der Waals surface area contributed by atoms with Gasteiger partial charge in [-0.05, 0) is 48.0 Å². The Morgan fingerprint density at radius 3 is 2.52 bits per heavy atom. The van der Waals surface area contributed by atoms with E-state index >= 15 is 0 Å². The van der Waals surface area contributed by atoms with E-state index in [0.717, 1.165) is 26.2 Å². The maximum absolute atomic E-state index is 12.3. The Morgan fingerprint density at radius 1 is 1.07 bits per heavy atom. The summed E-state index contributed by atoms with van der Waals surface area (Å²) in [6.07, 6.45) is 1.67. The molecule has 1 fully saturated rings. The number of piperazine rings is 1. The lowest BCUT2D eigenvalue weighted by Gasteiger charge is -2.36. The van der Waals surface area contributed by atoms with Gasteiger partial charge in [-0.2, -0.15) is 4.99 Å². The number of anilines is 1. The number of hydrogen-bond acceptors (Lipinski definition) is 6. The smallest absolute Gasteiger partial charge is 0.286 e. The fraction of sp³-hybridized carbons (Fsp3) is 0.238. The van der Waals surface area contributed by atoms with E-state index in [1.54, 1.807) is 18.2 Å². The van der Waals surface area contributed by atoms with Crippen LogP contribution in [0.5, 0.6) is 0 Å². The quantitative estimate of drug-likeness (QED) is 0.438. The first-order chi connectivity index (χ1) is 14.0. The minimum atomic E-state index is -0.443. The third-order valence-corrected chi connectivity index (χ3v) is 5.95. The number of amidine groups is 1. The number of rotatable bonds is 3. The summed E-state index contributed by atoms with van der Waals surface area (Å²) < 4.78 is 0. The molecule has 0 saturated carbocycles. The highest BCUT2D eigenvalue weighted by Crippen LogP contribution is 2.31. The standard InChI is InChI=1S/C21H20N4O3S/c1-15-4-2-6-17(12-15)23-8-10-24(11-9-23)21-22-20(26)19(29-21)14-16-5-3-7-18(13-16)25(27)28/h2-7,12-14H,8-11H2,1H3/b19-14-. The van der Waals surface area contributed by atoms with Crippen molar-refractivity contribution in [2.45, 2.75) is 6.92 Å². The molecule has 4 rings (SSSR count). The monoisotopic (exact) mass is 408 g/mol. The maximum atomic E-state index is 12.3. The van der Waals surface area contributed by atoms with E-state index in [1.807, 2.05) is 0 Å². The van der Waals surface area contributed by atoms with Crippen LogP contribution in [-0.4, -0.2) is 47.1 Å². The summed E-state index contributed by atoms with van der Waals surface area (Å²) in [7, 11) is 0. The maximum Gasteiger partial charge on any atom is 0.286 e. The molecule has 7 nitrogen and oxygen atoms in total. The molecule has 29 heavy (non-hydrogen) atoms. The zero-order valence-electron chi connectivity index (χ0n) is 15.9. The molecule has 8 heteroatoms. The summed E-state index contributed by atoms with van der Waals surface area (Å²) in [4.78, 5) is 32.0. The highest BCUT2D eigenvalue weighted by atomic mass is 32.2. The molecule has 2 aromatic carbocycles. The fourth-order valence-corrected chi connectivity index (χ4v) is 4.36. The Hall–Kier alpha value is -3.13. The number of hydrogen-bond donors (Lipinski definition) is 0. The first-order valence-corrected chi connectivity index (χ1v) is 10.1. The third-order valence-electron chi connectivity index (χ3n) is 4.91. The van der Waals surface area contributed by atoms with Crippen LogP contribution in [0.3, 0.4) is 0 Å². The van der Waals surface area contributed by atoms with Gasteiger partial charge < -0.3 is 9.80 Å². The summed E-state index contributed by atoms with van der Waals surface area (Å²) in [5.74, 6) is -0.294. The molecule has 0 aliphatic carbocycles. The SMILES string of the molecule is Cc1cccc(N2CCN(C3=NC(=O)/C(=C/c4cccc([N+](=O)[O-])c4)S3)CC2)c1. The summed E-state index contributed by atoms with van der Waals surface area (Å²) in [6.45, 7) is 5.39. The van der Waals surface area contributed by atoms with E-state index < -0.39 is 4.92 Å². The molecule has 0 unspecified atom stereocenters. The van der Waals surface area contributed by atoms with Gasteiger partial charge in [0, 0.05) is 44.0 Å². The van der Waals surface area contributed by atoms with Gasteiger partial charge in [0.25, 0.3) is 11.6 Å². The Labute approximate surface area is 172 Å². The van der Waals surface area contributed by atoms with Crippen molar-refractivity contribution in [3.05, 3.63) is 74.7 Å². The molecule has 2 aromatic rings. The number of carbonyl (C=O) groups is 1.